The van der Waals surface area contributed by atoms with Crippen LogP contribution in [0.2, 0.25) is 0 Å². The van der Waals surface area contributed by atoms with Gasteiger partial charge in [0.05, 0.1) is 6.61 Å². The molecule has 3 heteroatoms. The van der Waals surface area contributed by atoms with Crippen LogP contribution in [0.25, 0.3) is 10.8 Å². The molecule has 0 aliphatic carbocycles. The molecule has 0 fully saturated rings. The molecule has 68 valence electrons. The molecule has 0 bridgehead atoms. The lowest BCUT2D eigenvalue weighted by Crippen LogP contribution is -2.27. The zero-order valence-electron chi connectivity index (χ0n) is 7.60. The Morgan fingerprint density at radius 2 is 2.00 bits per heavy atom. The second kappa shape index (κ2) is 2.84. The first-order chi connectivity index (χ1) is 6.86. The topological polar surface area (TPSA) is 29.5 Å². The molecule has 1 aliphatic heterocycles. The maximum Gasteiger partial charge on any atom is 0.491 e. The van der Waals surface area contributed by atoms with Gasteiger partial charge in [0.15, 0.2) is 0 Å². The van der Waals surface area contributed by atoms with Gasteiger partial charge in [-0.2, -0.15) is 0 Å². The largest absolute Gasteiger partial charge is 0.491 e. The van der Waals surface area contributed by atoms with Gasteiger partial charge in [-0.3, -0.25) is 0 Å². The zero-order chi connectivity index (χ0) is 9.54. The van der Waals surface area contributed by atoms with E-state index in [9.17, 15) is 5.02 Å². The van der Waals surface area contributed by atoms with Gasteiger partial charge in [0, 0.05) is 0 Å². The van der Waals surface area contributed by atoms with Gasteiger partial charge < -0.3 is 9.68 Å². The highest BCUT2D eigenvalue weighted by Crippen LogP contribution is 2.21. The van der Waals surface area contributed by atoms with Crippen LogP contribution in [0.3, 0.4) is 0 Å². The van der Waals surface area contributed by atoms with E-state index < -0.39 is 7.12 Å². The number of hydrogen-bond donors (Lipinski definition) is 1. The smallest absolute Gasteiger partial charge is 0.423 e. The maximum absolute atomic E-state index is 9.52. The Morgan fingerprint density at radius 3 is 2.93 bits per heavy atom. The minimum atomic E-state index is -0.741. The van der Waals surface area contributed by atoms with Gasteiger partial charge >= 0.3 is 7.12 Å². The molecule has 0 amide bonds. The van der Waals surface area contributed by atoms with Crippen LogP contribution >= 0.6 is 0 Å². The fourth-order valence-electron chi connectivity index (χ4n) is 2.00. The molecule has 3 rings (SSSR count). The van der Waals surface area contributed by atoms with Crippen LogP contribution in [-0.2, 0) is 11.3 Å². The van der Waals surface area contributed by atoms with E-state index in [1.807, 2.05) is 24.3 Å². The lowest BCUT2D eigenvalue weighted by atomic mass is 9.78. The van der Waals surface area contributed by atoms with E-state index in [0.717, 1.165) is 11.0 Å². The summed E-state index contributed by atoms with van der Waals surface area (Å²) in [5, 5.41) is 11.9. The van der Waals surface area contributed by atoms with Gasteiger partial charge in [-0.1, -0.05) is 36.4 Å². The predicted molar refractivity (Wildman–Crippen MR) is 56.3 cm³/mol. The Hall–Kier alpha value is -1.32. The highest BCUT2D eigenvalue weighted by molar-refractivity contribution is 6.62. The van der Waals surface area contributed by atoms with Crippen molar-refractivity contribution >= 4 is 23.4 Å². The SMILES string of the molecule is OB1OCc2c1ccc1ccccc21. The van der Waals surface area contributed by atoms with Gasteiger partial charge in [0.1, 0.15) is 0 Å². The maximum atomic E-state index is 9.52. The summed E-state index contributed by atoms with van der Waals surface area (Å²) in [4.78, 5) is 0. The second-order valence-electron chi connectivity index (χ2n) is 3.52. The third-order valence-corrected chi connectivity index (χ3v) is 2.73. The van der Waals surface area contributed by atoms with Gasteiger partial charge in [-0.05, 0) is 21.8 Å². The van der Waals surface area contributed by atoms with Crippen LogP contribution in [0.5, 0.6) is 0 Å². The van der Waals surface area contributed by atoms with Crippen molar-refractivity contribution in [3.05, 3.63) is 42.0 Å². The van der Waals surface area contributed by atoms with Crippen LogP contribution < -0.4 is 5.46 Å². The molecule has 0 atom stereocenters. The molecule has 1 N–H and O–H groups in total. The molecule has 2 aromatic rings. The van der Waals surface area contributed by atoms with Crippen molar-refractivity contribution in [1.82, 2.24) is 0 Å². The predicted octanol–water partition coefficient (Wildman–Crippen LogP) is 1.06. The summed E-state index contributed by atoms with van der Waals surface area (Å²) >= 11 is 0. The first-order valence-electron chi connectivity index (χ1n) is 4.66. The molecule has 0 unspecified atom stereocenters. The lowest BCUT2D eigenvalue weighted by molar-refractivity contribution is 0.276. The molecule has 0 saturated heterocycles. The molecule has 2 nitrogen and oxygen atoms in total. The van der Waals surface area contributed by atoms with Crippen molar-refractivity contribution in [2.75, 3.05) is 0 Å². The van der Waals surface area contributed by atoms with Gasteiger partial charge in [0.2, 0.25) is 0 Å². The summed E-state index contributed by atoms with van der Waals surface area (Å²) in [6, 6.07) is 12.1. The van der Waals surface area contributed by atoms with Gasteiger partial charge in [-0.15, -0.1) is 0 Å². The highest BCUT2D eigenvalue weighted by atomic mass is 16.5. The monoisotopic (exact) mass is 184 g/mol. The molecular formula is C11H9BO2. The van der Waals surface area contributed by atoms with E-state index in [2.05, 4.69) is 12.1 Å². The zero-order valence-corrected chi connectivity index (χ0v) is 7.60. The van der Waals surface area contributed by atoms with Crippen LogP contribution in [0, 0.1) is 0 Å². The number of benzene rings is 2. The first kappa shape index (κ1) is 8.03. The molecular weight excluding hydrogens is 175 g/mol. The Labute approximate surface area is 82.3 Å². The van der Waals surface area contributed by atoms with Crippen LogP contribution in [-0.4, -0.2) is 12.1 Å². The standard InChI is InChI=1S/C11H9BO2/c13-12-11-6-5-8-3-1-2-4-9(8)10(11)7-14-12/h1-6,13H,7H2. The lowest BCUT2D eigenvalue weighted by Gasteiger charge is -2.03. The Balaban J connectivity index is 2.38. The van der Waals surface area contributed by atoms with Gasteiger partial charge in [0.25, 0.3) is 0 Å². The summed E-state index contributed by atoms with van der Waals surface area (Å²) in [6.07, 6.45) is 0. The molecule has 2 aromatic carbocycles. The molecule has 0 radical (unpaired) electrons. The van der Waals surface area contributed by atoms with Crippen LogP contribution in [0.15, 0.2) is 36.4 Å². The minimum Gasteiger partial charge on any atom is -0.423 e. The molecule has 0 spiro atoms. The van der Waals surface area contributed by atoms with Gasteiger partial charge in [-0.25, -0.2) is 0 Å². The minimum absolute atomic E-state index is 0.512. The Bertz CT molecular complexity index is 496. The number of fused-ring (bicyclic) bond motifs is 3. The summed E-state index contributed by atoms with van der Waals surface area (Å²) in [6.45, 7) is 0.512. The van der Waals surface area contributed by atoms with E-state index in [0.29, 0.717) is 6.61 Å². The fourth-order valence-corrected chi connectivity index (χ4v) is 2.00. The number of rotatable bonds is 0. The Morgan fingerprint density at radius 1 is 1.14 bits per heavy atom. The molecule has 14 heavy (non-hydrogen) atoms. The van der Waals surface area contributed by atoms with Crippen molar-refractivity contribution in [3.8, 4) is 0 Å². The molecule has 1 aliphatic rings. The van der Waals surface area contributed by atoms with E-state index in [1.165, 1.54) is 10.8 Å². The fraction of sp³-hybridized carbons (Fsp3) is 0.0909. The normalized spacial score (nSPS) is 14.8. The average molecular weight is 184 g/mol. The van der Waals surface area contributed by atoms with E-state index in [4.69, 9.17) is 4.65 Å². The van der Waals surface area contributed by atoms with Crippen molar-refractivity contribution < 1.29 is 9.68 Å². The van der Waals surface area contributed by atoms with Crippen LogP contribution in [0.4, 0.5) is 0 Å². The third kappa shape index (κ3) is 0.998. The third-order valence-electron chi connectivity index (χ3n) is 2.73. The molecule has 1 heterocycles. The summed E-state index contributed by atoms with van der Waals surface area (Å²) in [7, 11) is -0.741. The van der Waals surface area contributed by atoms with E-state index in [-0.39, 0.29) is 0 Å². The molecule has 0 saturated carbocycles. The van der Waals surface area contributed by atoms with Crippen molar-refractivity contribution in [2.24, 2.45) is 0 Å². The summed E-state index contributed by atoms with van der Waals surface area (Å²) in [5.74, 6) is 0. The van der Waals surface area contributed by atoms with E-state index >= 15 is 0 Å². The number of hydrogen-bond acceptors (Lipinski definition) is 2. The average Bonchev–Trinajstić information content (AvgIpc) is 2.61. The second-order valence-corrected chi connectivity index (χ2v) is 3.52. The summed E-state index contributed by atoms with van der Waals surface area (Å²) in [5.41, 5.74) is 2.03. The van der Waals surface area contributed by atoms with Crippen molar-refractivity contribution in [3.63, 3.8) is 0 Å². The molecule has 0 aromatic heterocycles. The van der Waals surface area contributed by atoms with E-state index in [1.54, 1.807) is 0 Å². The highest BCUT2D eigenvalue weighted by Gasteiger charge is 2.27. The quantitative estimate of drug-likeness (QED) is 0.620. The van der Waals surface area contributed by atoms with Crippen LogP contribution in [0.1, 0.15) is 5.56 Å². The Kier molecular flexibility index (Phi) is 1.63. The van der Waals surface area contributed by atoms with Crippen molar-refractivity contribution in [1.29, 1.82) is 0 Å². The van der Waals surface area contributed by atoms with Crippen molar-refractivity contribution in [2.45, 2.75) is 6.61 Å². The first-order valence-corrected chi connectivity index (χ1v) is 4.66. The summed E-state index contributed by atoms with van der Waals surface area (Å²) < 4.78 is 5.19.